The van der Waals surface area contributed by atoms with Crippen LogP contribution >= 0.6 is 0 Å². The van der Waals surface area contributed by atoms with E-state index in [0.29, 0.717) is 68.1 Å². The molecule has 0 aliphatic carbocycles. The average Bonchev–Trinajstić information content (AvgIpc) is 1.57. The number of fused-ring (bicyclic) bond motifs is 1. The van der Waals surface area contributed by atoms with Crippen molar-refractivity contribution in [3.05, 3.63) is 77.8 Å². The maximum atomic E-state index is 12.6. The molecule has 0 saturated carbocycles. The monoisotopic (exact) mass is 1300 g/mol. The summed E-state index contributed by atoms with van der Waals surface area (Å²) in [5.41, 5.74) is 5.26. The number of urea groups is 2. The minimum Gasteiger partial charge on any atom is -0.495 e. The van der Waals surface area contributed by atoms with Crippen LogP contribution in [0.2, 0.25) is 0 Å². The number of carbonyl (C=O) groups excluding carboxylic acids is 2. The highest BCUT2D eigenvalue weighted by molar-refractivity contribution is 5.85. The Morgan fingerprint density at radius 2 is 0.826 bits per heavy atom. The summed E-state index contributed by atoms with van der Waals surface area (Å²) in [5.74, 6) is 2.06. The number of amides is 4. The number of methoxy groups -OCH3 is 10. The molecule has 10 rings (SSSR count). The van der Waals surface area contributed by atoms with Crippen molar-refractivity contribution in [2.45, 2.75) is 82.4 Å². The molecule has 516 valence electrons. The average molecular weight is 1300 g/mol. The van der Waals surface area contributed by atoms with Crippen LogP contribution in [-0.2, 0) is 82.2 Å². The minimum atomic E-state index is -0.523. The van der Waals surface area contributed by atoms with Gasteiger partial charge in [-0.1, -0.05) is 51.6 Å². The second-order valence-corrected chi connectivity index (χ2v) is 23.7. The van der Waals surface area contributed by atoms with Gasteiger partial charge in [-0.25, -0.2) is 9.59 Å². The molecule has 0 N–H and O–H groups in total. The maximum absolute atomic E-state index is 12.6. The smallest absolute Gasteiger partial charge is 0.327 e. The standard InChI is InChI=1S/C25H30N2O4.C16H31N5O6.C12H22N4O6.C10H18O2/c1-5-20(26(10-22-14-28-22)11-23-15-29-23)6-2-18(1)9-19-3-7-21(8-4-19)27(12-24-16-30-24)13-25-17-31-25;1-22-7-13(8-23-2)14-17-15(20(9-24-3)10-25-4)19-16(18-14)21(11-26-5)12-27-6;1-19-5-13-9-10(15(7-21-3)11(13)17)16(8-22-4)12(18)14(9)6-20-2;1-5-10(3,4)8(2)11-6-9-7-12-9/h1-8,22-25H,9-17H2;13H,7-12H2,1-6H3;9-10H,5-8H2,1-4H3;9H,2,5-7H2,1,3-4H3. The first-order chi connectivity index (χ1) is 44.6. The summed E-state index contributed by atoms with van der Waals surface area (Å²) >= 11 is 0. The zero-order valence-corrected chi connectivity index (χ0v) is 56.3. The Kier molecular flexibility index (Phi) is 29.8. The van der Waals surface area contributed by atoms with Gasteiger partial charge in [0.15, 0.2) is 12.3 Å². The highest BCUT2D eigenvalue weighted by atomic mass is 16.6. The largest absolute Gasteiger partial charge is 0.495 e. The van der Waals surface area contributed by atoms with Crippen LogP contribution in [0.25, 0.3) is 0 Å². The molecule has 0 radical (unpaired) electrons. The Hall–Kier alpha value is -5.87. The van der Waals surface area contributed by atoms with Gasteiger partial charge in [-0.2, -0.15) is 15.0 Å². The second kappa shape index (κ2) is 37.3. The zero-order chi connectivity index (χ0) is 66.2. The Bertz CT molecular complexity index is 2380. The molecule has 7 fully saturated rings. The van der Waals surface area contributed by atoms with Crippen molar-refractivity contribution in [1.82, 2.24) is 34.6 Å². The van der Waals surface area contributed by atoms with Gasteiger partial charge in [0, 0.05) is 114 Å². The molecule has 7 aliphatic heterocycles. The zero-order valence-electron chi connectivity index (χ0n) is 56.3. The molecule has 1 aromatic heterocycles. The van der Waals surface area contributed by atoms with Crippen molar-refractivity contribution >= 4 is 35.3 Å². The number of hydrogen-bond acceptors (Lipinski definition) is 25. The SMILES string of the molecule is C=C(OCC1CO1)C(C)(C)CC.COCC(COC)c1nc(N(COC)COC)nc(N(COC)COC)n1.COCN1C(=O)N(COC)C2C1N(COC)C(=O)N2COC.c1cc(N(CC2CO2)CC2CO2)ccc1Cc1ccc(N(CC2CO2)CC2CO2)cc1. The number of anilines is 4. The summed E-state index contributed by atoms with van der Waals surface area (Å²) in [6, 6.07) is 17.4. The third-order valence-corrected chi connectivity index (χ3v) is 15.8. The molecule has 5 atom stereocenters. The summed E-state index contributed by atoms with van der Waals surface area (Å²) in [6.45, 7) is 21.3. The topological polar surface area (TPSA) is 263 Å². The van der Waals surface area contributed by atoms with Crippen LogP contribution in [0.5, 0.6) is 0 Å². The number of rotatable bonds is 40. The number of epoxide rings is 5. The van der Waals surface area contributed by atoms with Crippen LogP contribution in [0.4, 0.5) is 32.9 Å². The highest BCUT2D eigenvalue weighted by Crippen LogP contribution is 2.36. The van der Waals surface area contributed by atoms with Crippen LogP contribution in [-0.4, -0.2) is 293 Å². The van der Waals surface area contributed by atoms with E-state index in [1.165, 1.54) is 70.5 Å². The van der Waals surface area contributed by atoms with E-state index in [0.717, 1.165) is 77.8 Å². The fourth-order valence-corrected chi connectivity index (χ4v) is 10.1. The third kappa shape index (κ3) is 22.4. The molecule has 0 spiro atoms. The van der Waals surface area contributed by atoms with Gasteiger partial charge in [0.2, 0.25) is 11.9 Å². The van der Waals surface area contributed by atoms with Crippen molar-refractivity contribution < 1.29 is 85.4 Å². The molecule has 3 aromatic rings. The number of carbonyl (C=O) groups is 2. The van der Waals surface area contributed by atoms with Crippen LogP contribution in [0.15, 0.2) is 60.9 Å². The summed E-state index contributed by atoms with van der Waals surface area (Å²) in [4.78, 5) is 53.0. The molecule has 4 amide bonds. The minimum absolute atomic E-state index is 0.0640. The molecule has 29 heteroatoms. The first-order valence-corrected chi connectivity index (χ1v) is 31.0. The van der Waals surface area contributed by atoms with Gasteiger partial charge in [0.25, 0.3) is 0 Å². The molecule has 7 saturated heterocycles. The lowest BCUT2D eigenvalue weighted by molar-refractivity contribution is -0.0135. The highest BCUT2D eigenvalue weighted by Gasteiger charge is 2.59. The van der Waals surface area contributed by atoms with Crippen molar-refractivity contribution in [3.8, 4) is 0 Å². The van der Waals surface area contributed by atoms with Crippen molar-refractivity contribution in [3.63, 3.8) is 0 Å². The first kappa shape index (κ1) is 73.5. The van der Waals surface area contributed by atoms with Crippen LogP contribution in [0.1, 0.15) is 50.1 Å². The van der Waals surface area contributed by atoms with E-state index < -0.39 is 12.3 Å². The first-order valence-electron chi connectivity index (χ1n) is 31.0. The van der Waals surface area contributed by atoms with Crippen molar-refractivity contribution in [2.24, 2.45) is 5.41 Å². The van der Waals surface area contributed by atoms with Gasteiger partial charge >= 0.3 is 12.1 Å². The number of ether oxygens (including phenoxy) is 16. The Balaban J connectivity index is 0.000000182. The lowest BCUT2D eigenvalue weighted by Gasteiger charge is -2.28. The summed E-state index contributed by atoms with van der Waals surface area (Å²) < 4.78 is 84.2. The van der Waals surface area contributed by atoms with E-state index >= 15 is 0 Å². The molecule has 92 heavy (non-hydrogen) atoms. The van der Waals surface area contributed by atoms with E-state index in [2.05, 4.69) is 101 Å². The summed E-state index contributed by atoms with van der Waals surface area (Å²) in [5, 5.41) is 0. The van der Waals surface area contributed by atoms with Gasteiger partial charge in [-0.05, 0) is 48.2 Å². The normalized spacial score (nSPS) is 21.4. The molecular weight excluding hydrogens is 1200 g/mol. The lowest BCUT2D eigenvalue weighted by atomic mass is 9.88. The van der Waals surface area contributed by atoms with E-state index in [1.54, 1.807) is 52.5 Å². The molecule has 5 unspecified atom stereocenters. The predicted octanol–water partition coefficient (Wildman–Crippen LogP) is 4.64. The number of hydrogen-bond donors (Lipinski definition) is 0. The third-order valence-electron chi connectivity index (χ3n) is 15.8. The van der Waals surface area contributed by atoms with Gasteiger partial charge in [0.05, 0.1) is 82.3 Å². The van der Waals surface area contributed by atoms with E-state index in [1.807, 2.05) is 0 Å². The Morgan fingerprint density at radius 3 is 1.10 bits per heavy atom. The fourth-order valence-electron chi connectivity index (χ4n) is 10.1. The number of aromatic nitrogens is 3. The van der Waals surface area contributed by atoms with Crippen LogP contribution in [0, 0.1) is 5.41 Å². The number of allylic oxidation sites excluding steroid dienone is 1. The molecule has 0 bridgehead atoms. The van der Waals surface area contributed by atoms with Gasteiger partial charge in [-0.15, -0.1) is 0 Å². The fraction of sp³-hybridized carbons (Fsp3) is 0.698. The number of benzene rings is 2. The quantitative estimate of drug-likeness (QED) is 0.0426. The molecule has 29 nitrogen and oxygen atoms in total. The maximum Gasteiger partial charge on any atom is 0.327 e. The summed E-state index contributed by atoms with van der Waals surface area (Å²) in [6.07, 6.45) is 2.81. The van der Waals surface area contributed by atoms with Crippen LogP contribution in [0.3, 0.4) is 0 Å². The second-order valence-electron chi connectivity index (χ2n) is 23.7. The molecule has 7 aliphatic rings. The van der Waals surface area contributed by atoms with Crippen molar-refractivity contribution in [2.75, 3.05) is 224 Å². The van der Waals surface area contributed by atoms with Gasteiger partial charge in [0.1, 0.15) is 72.4 Å². The Morgan fingerprint density at radius 1 is 0.500 bits per heavy atom. The molecule has 2 aromatic carbocycles. The van der Waals surface area contributed by atoms with E-state index in [4.69, 9.17) is 75.8 Å². The van der Waals surface area contributed by atoms with Gasteiger partial charge in [-0.3, -0.25) is 29.4 Å². The van der Waals surface area contributed by atoms with Gasteiger partial charge < -0.3 is 85.6 Å². The number of nitrogens with zero attached hydrogens (tertiary/aromatic N) is 11. The predicted molar refractivity (Wildman–Crippen MR) is 340 cm³/mol. The Labute approximate surface area is 542 Å². The lowest BCUT2D eigenvalue weighted by Crippen LogP contribution is -2.48. The van der Waals surface area contributed by atoms with Crippen LogP contribution < -0.4 is 19.6 Å². The van der Waals surface area contributed by atoms with E-state index in [-0.39, 0.29) is 77.2 Å². The van der Waals surface area contributed by atoms with E-state index in [9.17, 15) is 9.59 Å². The molecular formula is C63H101N11O18. The van der Waals surface area contributed by atoms with Crippen molar-refractivity contribution in [1.29, 1.82) is 0 Å². The molecule has 8 heterocycles. The summed E-state index contributed by atoms with van der Waals surface area (Å²) in [7, 11) is 15.6.